The number of nitrogens with one attached hydrogen (secondary N) is 1. The zero-order valence-electron chi connectivity index (χ0n) is 10.5. The fourth-order valence-electron chi connectivity index (χ4n) is 1.75. The number of halogens is 2. The first-order chi connectivity index (χ1) is 10.1. The molecule has 0 atom stereocenters. The zero-order valence-corrected chi connectivity index (χ0v) is 11.3. The van der Waals surface area contributed by atoms with Crippen LogP contribution in [-0.4, -0.2) is 11.1 Å². The molecule has 1 N–H and O–H groups in total. The van der Waals surface area contributed by atoms with Gasteiger partial charge in [-0.1, -0.05) is 5.16 Å². The van der Waals surface area contributed by atoms with Crippen LogP contribution < -0.4 is 5.32 Å². The highest BCUT2D eigenvalue weighted by atomic mass is 32.1. The fraction of sp³-hybridized carbons (Fsp3) is 0. The van der Waals surface area contributed by atoms with Gasteiger partial charge in [0.1, 0.15) is 17.3 Å². The predicted molar refractivity (Wildman–Crippen MR) is 74.1 cm³/mol. The number of rotatable bonds is 3. The third-order valence-electron chi connectivity index (χ3n) is 2.69. The van der Waals surface area contributed by atoms with Crippen LogP contribution in [0.4, 0.5) is 14.7 Å². The van der Waals surface area contributed by atoms with Crippen LogP contribution >= 0.6 is 11.3 Å². The summed E-state index contributed by atoms with van der Waals surface area (Å²) in [6, 6.07) is 5.97. The zero-order chi connectivity index (χ0) is 14.8. The van der Waals surface area contributed by atoms with Crippen molar-refractivity contribution in [3.05, 3.63) is 58.3 Å². The maximum Gasteiger partial charge on any atom is 0.258 e. The van der Waals surface area contributed by atoms with Gasteiger partial charge < -0.3 is 4.52 Å². The van der Waals surface area contributed by atoms with Crippen LogP contribution in [0.15, 0.2) is 45.6 Å². The average Bonchev–Trinajstić information content (AvgIpc) is 3.07. The summed E-state index contributed by atoms with van der Waals surface area (Å²) in [4.78, 5) is 11.9. The predicted octanol–water partition coefficient (Wildman–Crippen LogP) is 3.93. The molecule has 2 heterocycles. The van der Waals surface area contributed by atoms with Crippen molar-refractivity contribution in [2.45, 2.75) is 0 Å². The fourth-order valence-corrected chi connectivity index (χ4v) is 2.40. The van der Waals surface area contributed by atoms with Crippen molar-refractivity contribution in [2.24, 2.45) is 0 Å². The van der Waals surface area contributed by atoms with Gasteiger partial charge in [0.25, 0.3) is 5.91 Å². The highest BCUT2D eigenvalue weighted by Crippen LogP contribution is 2.24. The molecule has 1 aromatic carbocycles. The largest absolute Gasteiger partial charge is 0.338 e. The van der Waals surface area contributed by atoms with Gasteiger partial charge in [-0.05, 0) is 23.6 Å². The monoisotopic (exact) mass is 306 g/mol. The van der Waals surface area contributed by atoms with Crippen LogP contribution in [-0.2, 0) is 0 Å². The van der Waals surface area contributed by atoms with Gasteiger partial charge in [0.15, 0.2) is 0 Å². The van der Waals surface area contributed by atoms with Gasteiger partial charge in [-0.2, -0.15) is 11.3 Å². The van der Waals surface area contributed by atoms with E-state index in [0.29, 0.717) is 11.8 Å². The third-order valence-corrected chi connectivity index (χ3v) is 3.37. The maximum atomic E-state index is 13.1. The van der Waals surface area contributed by atoms with Gasteiger partial charge >= 0.3 is 0 Å². The molecule has 0 bridgehead atoms. The molecule has 0 saturated carbocycles. The van der Waals surface area contributed by atoms with Crippen LogP contribution in [0, 0.1) is 11.6 Å². The topological polar surface area (TPSA) is 55.1 Å². The van der Waals surface area contributed by atoms with E-state index in [-0.39, 0.29) is 11.4 Å². The van der Waals surface area contributed by atoms with Crippen LogP contribution in [0.2, 0.25) is 0 Å². The van der Waals surface area contributed by atoms with Crippen molar-refractivity contribution in [3.8, 4) is 11.3 Å². The number of benzene rings is 1. The van der Waals surface area contributed by atoms with Crippen molar-refractivity contribution in [3.63, 3.8) is 0 Å². The second kappa shape index (κ2) is 5.45. The van der Waals surface area contributed by atoms with Gasteiger partial charge in [-0.15, -0.1) is 0 Å². The Labute approximate surface area is 122 Å². The van der Waals surface area contributed by atoms with E-state index in [1.54, 1.807) is 0 Å². The standard InChI is InChI=1S/C14H8F2N2O2S/c15-10-3-9(4-11(16)5-10)14(19)17-13-6-12(18-20-13)8-1-2-21-7-8/h1-7H,(H,17,19). The minimum absolute atomic E-state index is 0.103. The summed E-state index contributed by atoms with van der Waals surface area (Å²) in [5, 5.41) is 9.97. The van der Waals surface area contributed by atoms with Gasteiger partial charge in [0, 0.05) is 28.6 Å². The van der Waals surface area contributed by atoms with Crippen LogP contribution in [0.1, 0.15) is 10.4 Å². The number of hydrogen-bond donors (Lipinski definition) is 1. The van der Waals surface area contributed by atoms with E-state index >= 15 is 0 Å². The summed E-state index contributed by atoms with van der Waals surface area (Å²) in [6.45, 7) is 0. The molecule has 0 aliphatic heterocycles. The molecular weight excluding hydrogens is 298 g/mol. The van der Waals surface area contributed by atoms with Crippen molar-refractivity contribution in [1.29, 1.82) is 0 Å². The van der Waals surface area contributed by atoms with Gasteiger partial charge in [-0.25, -0.2) is 8.78 Å². The van der Waals surface area contributed by atoms with Crippen molar-refractivity contribution in [2.75, 3.05) is 5.32 Å². The van der Waals surface area contributed by atoms with E-state index in [2.05, 4.69) is 10.5 Å². The Balaban J connectivity index is 1.79. The molecule has 0 saturated heterocycles. The van der Waals surface area contributed by atoms with Gasteiger partial charge in [-0.3, -0.25) is 10.1 Å². The molecule has 1 amide bonds. The van der Waals surface area contributed by atoms with E-state index in [1.165, 1.54) is 17.4 Å². The van der Waals surface area contributed by atoms with E-state index in [0.717, 1.165) is 17.7 Å². The summed E-state index contributed by atoms with van der Waals surface area (Å²) in [6.07, 6.45) is 0. The van der Waals surface area contributed by atoms with Crippen molar-refractivity contribution in [1.82, 2.24) is 5.16 Å². The van der Waals surface area contributed by atoms with Crippen molar-refractivity contribution >= 4 is 23.1 Å². The molecule has 0 aliphatic rings. The molecule has 0 radical (unpaired) electrons. The van der Waals surface area contributed by atoms with Crippen LogP contribution in [0.25, 0.3) is 11.3 Å². The highest BCUT2D eigenvalue weighted by Gasteiger charge is 2.13. The van der Waals surface area contributed by atoms with Crippen LogP contribution in [0.3, 0.4) is 0 Å². The van der Waals surface area contributed by atoms with E-state index in [9.17, 15) is 13.6 Å². The lowest BCUT2D eigenvalue weighted by atomic mass is 10.2. The summed E-state index contributed by atoms with van der Waals surface area (Å²) in [5.41, 5.74) is 1.29. The number of carbonyl (C=O) groups excluding carboxylic acids is 1. The first-order valence-electron chi connectivity index (χ1n) is 5.88. The Bertz CT molecular complexity index is 764. The molecule has 0 unspecified atom stereocenters. The van der Waals surface area contributed by atoms with E-state index in [1.807, 2.05) is 16.8 Å². The third kappa shape index (κ3) is 2.97. The molecule has 106 valence electrons. The molecule has 21 heavy (non-hydrogen) atoms. The number of anilines is 1. The minimum atomic E-state index is -0.823. The Morgan fingerprint density at radius 3 is 2.62 bits per heavy atom. The maximum absolute atomic E-state index is 13.1. The molecule has 3 aromatic rings. The number of nitrogens with zero attached hydrogens (tertiary/aromatic N) is 1. The quantitative estimate of drug-likeness (QED) is 0.797. The average molecular weight is 306 g/mol. The summed E-state index contributed by atoms with van der Waals surface area (Å²) in [5.74, 6) is -2.22. The molecule has 0 spiro atoms. The van der Waals surface area contributed by atoms with Crippen LogP contribution in [0.5, 0.6) is 0 Å². The first-order valence-corrected chi connectivity index (χ1v) is 6.83. The molecule has 0 fully saturated rings. The van der Waals surface area contributed by atoms with E-state index in [4.69, 9.17) is 4.52 Å². The molecule has 3 rings (SSSR count). The Morgan fingerprint density at radius 1 is 1.19 bits per heavy atom. The van der Waals surface area contributed by atoms with E-state index < -0.39 is 17.5 Å². The summed E-state index contributed by atoms with van der Waals surface area (Å²) >= 11 is 1.51. The van der Waals surface area contributed by atoms with Crippen molar-refractivity contribution < 1.29 is 18.1 Å². The van der Waals surface area contributed by atoms with Gasteiger partial charge in [0.2, 0.25) is 5.88 Å². The SMILES string of the molecule is O=C(Nc1cc(-c2ccsc2)no1)c1cc(F)cc(F)c1. The number of amides is 1. The lowest BCUT2D eigenvalue weighted by molar-refractivity contribution is 0.102. The second-order valence-corrected chi connectivity index (χ2v) is 4.98. The smallest absolute Gasteiger partial charge is 0.258 e. The Hall–Kier alpha value is -2.54. The molecular formula is C14H8F2N2O2S. The molecule has 2 aromatic heterocycles. The minimum Gasteiger partial charge on any atom is -0.338 e. The number of thiophene rings is 1. The Morgan fingerprint density at radius 2 is 1.95 bits per heavy atom. The second-order valence-electron chi connectivity index (χ2n) is 4.20. The molecule has 4 nitrogen and oxygen atoms in total. The van der Waals surface area contributed by atoms with Gasteiger partial charge in [0.05, 0.1) is 0 Å². The summed E-state index contributed by atoms with van der Waals surface area (Å²) < 4.78 is 31.1. The highest BCUT2D eigenvalue weighted by molar-refractivity contribution is 7.08. The number of aromatic nitrogens is 1. The normalized spacial score (nSPS) is 10.6. The number of hydrogen-bond acceptors (Lipinski definition) is 4. The molecule has 0 aliphatic carbocycles. The number of carbonyl (C=O) groups is 1. The lowest BCUT2D eigenvalue weighted by Crippen LogP contribution is -2.12. The first kappa shape index (κ1) is 13.4. The molecule has 7 heteroatoms. The Kier molecular flexibility index (Phi) is 3.49. The summed E-state index contributed by atoms with van der Waals surface area (Å²) in [7, 11) is 0. The lowest BCUT2D eigenvalue weighted by Gasteiger charge is -2.01.